The van der Waals surface area contributed by atoms with Crippen LogP contribution in [0.1, 0.15) is 43.7 Å². The predicted octanol–water partition coefficient (Wildman–Crippen LogP) is 3.38. The fourth-order valence-electron chi connectivity index (χ4n) is 2.05. The Hall–Kier alpha value is -2.01. The van der Waals surface area contributed by atoms with Crippen LogP contribution in [-0.4, -0.2) is 16.7 Å². The molecule has 0 atom stereocenters. The molecule has 0 saturated heterocycles. The highest BCUT2D eigenvalue weighted by molar-refractivity contribution is 7.13. The molecule has 0 radical (unpaired) electrons. The highest BCUT2D eigenvalue weighted by Gasteiger charge is 2.24. The lowest BCUT2D eigenvalue weighted by Crippen LogP contribution is -2.39. The number of nitrogens with one attached hydrogen (secondary N) is 1. The van der Waals surface area contributed by atoms with Crippen LogP contribution < -0.4 is 5.32 Å². The van der Waals surface area contributed by atoms with E-state index in [0.717, 1.165) is 16.3 Å². The zero-order valence-electron chi connectivity index (χ0n) is 12.6. The molecule has 1 aromatic carbocycles. The van der Waals surface area contributed by atoms with Crippen molar-refractivity contribution in [2.45, 2.75) is 33.2 Å². The maximum Gasteiger partial charge on any atom is 0.217 e. The average molecular weight is 302 g/mol. The van der Waals surface area contributed by atoms with Gasteiger partial charge in [0, 0.05) is 23.4 Å². The monoisotopic (exact) mass is 302 g/mol. The number of carbonyl (C=O) groups is 2. The van der Waals surface area contributed by atoms with E-state index >= 15 is 0 Å². The van der Waals surface area contributed by atoms with Crippen molar-refractivity contribution in [3.63, 3.8) is 0 Å². The second-order valence-electron chi connectivity index (χ2n) is 5.48. The summed E-state index contributed by atoms with van der Waals surface area (Å²) in [6, 6.07) is 7.39. The minimum atomic E-state index is -0.500. The molecule has 0 aliphatic carbocycles. The Balaban J connectivity index is 2.27. The van der Waals surface area contributed by atoms with Gasteiger partial charge in [0.05, 0.1) is 11.2 Å². The lowest BCUT2D eigenvalue weighted by atomic mass is 10.0. The summed E-state index contributed by atoms with van der Waals surface area (Å²) in [5, 5.41) is 5.71. The summed E-state index contributed by atoms with van der Waals surface area (Å²) in [6.45, 7) is 6.89. The Morgan fingerprint density at radius 2 is 1.76 bits per heavy atom. The average Bonchev–Trinajstić information content (AvgIpc) is 2.87. The highest BCUT2D eigenvalue weighted by Crippen LogP contribution is 2.29. The van der Waals surface area contributed by atoms with Gasteiger partial charge in [0.15, 0.2) is 5.78 Å². The van der Waals surface area contributed by atoms with Gasteiger partial charge in [-0.25, -0.2) is 4.98 Å². The minimum Gasteiger partial charge on any atom is -0.346 e. The van der Waals surface area contributed by atoms with E-state index in [1.807, 2.05) is 31.4 Å². The fourth-order valence-corrected chi connectivity index (χ4v) is 3.04. The van der Waals surface area contributed by atoms with Crippen molar-refractivity contribution in [2.75, 3.05) is 0 Å². The summed E-state index contributed by atoms with van der Waals surface area (Å²) in [4.78, 5) is 27.1. The molecule has 2 aromatic rings. The van der Waals surface area contributed by atoms with Crippen LogP contribution in [0.5, 0.6) is 0 Å². The Kier molecular flexibility index (Phi) is 4.23. The number of thiazole rings is 1. The van der Waals surface area contributed by atoms with Crippen molar-refractivity contribution in [3.05, 3.63) is 40.9 Å². The molecule has 4 nitrogen and oxygen atoms in total. The van der Waals surface area contributed by atoms with Gasteiger partial charge in [-0.1, -0.05) is 24.3 Å². The van der Waals surface area contributed by atoms with Crippen molar-refractivity contribution in [3.8, 4) is 10.6 Å². The van der Waals surface area contributed by atoms with Gasteiger partial charge in [0.1, 0.15) is 5.01 Å². The summed E-state index contributed by atoms with van der Waals surface area (Å²) in [5.41, 5.74) is 1.98. The molecule has 0 bridgehead atoms. The van der Waals surface area contributed by atoms with E-state index in [4.69, 9.17) is 0 Å². The lowest BCUT2D eigenvalue weighted by molar-refractivity contribution is -0.120. The van der Waals surface area contributed by atoms with E-state index < -0.39 is 5.54 Å². The van der Waals surface area contributed by atoms with E-state index in [1.54, 1.807) is 19.1 Å². The summed E-state index contributed by atoms with van der Waals surface area (Å²) >= 11 is 1.52. The number of benzene rings is 1. The molecule has 0 saturated carbocycles. The molecule has 1 N–H and O–H groups in total. The quantitative estimate of drug-likeness (QED) is 0.881. The normalized spacial score (nSPS) is 11.2. The molecular weight excluding hydrogens is 284 g/mol. The van der Waals surface area contributed by atoms with Gasteiger partial charge in [-0.05, 0) is 20.8 Å². The lowest BCUT2D eigenvalue weighted by Gasteiger charge is -2.23. The largest absolute Gasteiger partial charge is 0.346 e. The van der Waals surface area contributed by atoms with E-state index in [1.165, 1.54) is 18.3 Å². The second kappa shape index (κ2) is 5.77. The van der Waals surface area contributed by atoms with Gasteiger partial charge in [-0.3, -0.25) is 9.59 Å². The highest BCUT2D eigenvalue weighted by atomic mass is 32.1. The molecule has 0 spiro atoms. The first-order valence-electron chi connectivity index (χ1n) is 6.66. The van der Waals surface area contributed by atoms with Crippen LogP contribution in [0, 0.1) is 0 Å². The molecule has 0 aliphatic rings. The Morgan fingerprint density at radius 3 is 2.29 bits per heavy atom. The van der Waals surface area contributed by atoms with Gasteiger partial charge in [-0.15, -0.1) is 11.3 Å². The number of amides is 1. The van der Waals surface area contributed by atoms with Crippen LogP contribution >= 0.6 is 11.3 Å². The number of ketones is 1. The van der Waals surface area contributed by atoms with Crippen molar-refractivity contribution >= 4 is 23.0 Å². The van der Waals surface area contributed by atoms with Crippen LogP contribution in [0.15, 0.2) is 29.6 Å². The zero-order valence-corrected chi connectivity index (χ0v) is 13.4. The second-order valence-corrected chi connectivity index (χ2v) is 6.34. The molecule has 5 heteroatoms. The Labute approximate surface area is 128 Å². The molecule has 1 heterocycles. The van der Waals surface area contributed by atoms with Gasteiger partial charge in [0.2, 0.25) is 5.91 Å². The van der Waals surface area contributed by atoms with Crippen molar-refractivity contribution in [2.24, 2.45) is 0 Å². The summed E-state index contributed by atoms with van der Waals surface area (Å²) < 4.78 is 0. The summed E-state index contributed by atoms with van der Waals surface area (Å²) in [7, 11) is 0. The molecule has 110 valence electrons. The fraction of sp³-hybridized carbons (Fsp3) is 0.312. The van der Waals surface area contributed by atoms with E-state index in [-0.39, 0.29) is 11.7 Å². The van der Waals surface area contributed by atoms with Crippen LogP contribution in [0.25, 0.3) is 10.6 Å². The van der Waals surface area contributed by atoms with Gasteiger partial charge in [-0.2, -0.15) is 0 Å². The van der Waals surface area contributed by atoms with Gasteiger partial charge in [0.25, 0.3) is 0 Å². The van der Waals surface area contributed by atoms with Gasteiger partial charge >= 0.3 is 0 Å². The van der Waals surface area contributed by atoms with Crippen molar-refractivity contribution < 1.29 is 9.59 Å². The topological polar surface area (TPSA) is 59.1 Å². The first kappa shape index (κ1) is 15.4. The van der Waals surface area contributed by atoms with Crippen LogP contribution in [-0.2, 0) is 10.3 Å². The van der Waals surface area contributed by atoms with Crippen molar-refractivity contribution in [1.82, 2.24) is 10.3 Å². The number of nitrogens with zero attached hydrogens (tertiary/aromatic N) is 1. The molecule has 1 amide bonds. The molecule has 1 aromatic heterocycles. The number of Topliss-reactive ketones (excluding diaryl/α,β-unsaturated/α-hetero) is 1. The van der Waals surface area contributed by atoms with Crippen LogP contribution in [0.2, 0.25) is 0 Å². The van der Waals surface area contributed by atoms with E-state index in [0.29, 0.717) is 5.56 Å². The molecule has 21 heavy (non-hydrogen) atoms. The van der Waals surface area contributed by atoms with Crippen LogP contribution in [0.3, 0.4) is 0 Å². The SMILES string of the molecule is CC(=O)NC(C)(C)c1csc(-c2ccc(C(C)=O)cc2)n1. The first-order chi connectivity index (χ1) is 9.79. The molecule has 0 aliphatic heterocycles. The Bertz CT molecular complexity index is 672. The molecular formula is C16H18N2O2S. The third-order valence-corrected chi connectivity index (χ3v) is 4.06. The maximum absolute atomic E-state index is 11.3. The minimum absolute atomic E-state index is 0.0492. The molecule has 0 fully saturated rings. The van der Waals surface area contributed by atoms with Crippen molar-refractivity contribution in [1.29, 1.82) is 0 Å². The summed E-state index contributed by atoms with van der Waals surface area (Å²) in [5.74, 6) is -0.0338. The zero-order chi connectivity index (χ0) is 15.6. The van der Waals surface area contributed by atoms with Crippen LogP contribution in [0.4, 0.5) is 0 Å². The van der Waals surface area contributed by atoms with Gasteiger partial charge < -0.3 is 5.32 Å². The molecule has 2 rings (SSSR count). The number of hydrogen-bond acceptors (Lipinski definition) is 4. The first-order valence-corrected chi connectivity index (χ1v) is 7.53. The number of aromatic nitrogens is 1. The number of carbonyl (C=O) groups excluding carboxylic acids is 2. The molecule has 0 unspecified atom stereocenters. The third kappa shape index (κ3) is 3.55. The van der Waals surface area contributed by atoms with E-state index in [2.05, 4.69) is 10.3 Å². The summed E-state index contributed by atoms with van der Waals surface area (Å²) in [6.07, 6.45) is 0. The Morgan fingerprint density at radius 1 is 1.14 bits per heavy atom. The smallest absolute Gasteiger partial charge is 0.217 e. The predicted molar refractivity (Wildman–Crippen MR) is 84.4 cm³/mol. The van der Waals surface area contributed by atoms with E-state index in [9.17, 15) is 9.59 Å². The number of rotatable bonds is 4. The number of hydrogen-bond donors (Lipinski definition) is 1. The standard InChI is InChI=1S/C16H18N2O2S/c1-10(19)12-5-7-13(8-6-12)15-17-14(9-21-15)16(3,4)18-11(2)20/h5-9H,1-4H3,(H,18,20). The maximum atomic E-state index is 11.3. The third-order valence-electron chi connectivity index (χ3n) is 3.17.